The number of para-hydroxylation sites is 1. The molecule has 6 aromatic rings. The average molecular weight is 1900 g/mol. The number of unbranched alkanes of at least 4 members (excludes halogenated alkanes) is 1. The molecule has 0 bridgehead atoms. The Balaban J connectivity index is 1.03. The number of carboxylic acids is 2. The normalized spacial score (nSPS) is 17.0. The second-order valence-electron chi connectivity index (χ2n) is 33.6. The molecule has 2 saturated heterocycles. The predicted molar refractivity (Wildman–Crippen MR) is 480 cm³/mol. The third kappa shape index (κ3) is 30.6. The predicted octanol–water partition coefficient (Wildman–Crippen LogP) is -1.48. The Hall–Kier alpha value is -13.9. The maximum Gasteiger partial charge on any atom is 0.305 e. The van der Waals surface area contributed by atoms with Crippen LogP contribution in [0.25, 0.3) is 10.9 Å². The fraction of sp³-hybridized carbons (Fsp3) is 0.451. The second-order valence-corrected chi connectivity index (χ2v) is 34.6. The highest BCUT2D eigenvalue weighted by molar-refractivity contribution is 8.00. The fourth-order valence-electron chi connectivity index (χ4n) is 15.7. The van der Waals surface area contributed by atoms with Crippen LogP contribution in [0.5, 0.6) is 5.75 Å². The number of aromatic hydroxyl groups is 1. The van der Waals surface area contributed by atoms with E-state index in [2.05, 4.69) is 47.5 Å². The van der Waals surface area contributed by atoms with Crippen molar-refractivity contribution in [3.05, 3.63) is 173 Å². The van der Waals surface area contributed by atoms with Crippen LogP contribution in [0.4, 0.5) is 13.2 Å². The number of H-pyrrole nitrogens is 1. The number of aliphatic hydroxyl groups excluding tert-OH is 2. The zero-order valence-electron chi connectivity index (χ0n) is 75.0. The van der Waals surface area contributed by atoms with E-state index in [4.69, 9.17) is 17.2 Å². The topological polar surface area (TPSA) is 615 Å². The van der Waals surface area contributed by atoms with Gasteiger partial charge in [0.2, 0.25) is 88.6 Å². The van der Waals surface area contributed by atoms with Crippen LogP contribution in [0, 0.1) is 23.4 Å². The highest BCUT2D eigenvalue weighted by atomic mass is 32.2. The van der Waals surface area contributed by atoms with Gasteiger partial charge in [-0.05, 0) is 83.3 Å². The lowest BCUT2D eigenvalue weighted by molar-refractivity contribution is -0.152. The van der Waals surface area contributed by atoms with E-state index in [1.807, 2.05) is 0 Å². The SMILES string of the molecule is CCCC[C@@H](C(=O)N1C[C@H](O)C[C@@H]1C(=O)N[C@@H](CC(=O)O)C(=O)N[C@H](C(=O)N(C)C(C=O)Cc1ccccc1)C(C)C)N(C)C(=O)[C@H](Cc1ccccc1)N(C)C(=O)[C@H](Cc1cc(F)c(F)c(F)c1)NC(=O)CSC[C@H](NC(=O)[C@H](CCC(N)=O)NC(=O)[C@H](Cc1ccc(O)cc1)NC(=O)[C@H](Cc1c[nH]c2ccccc12)NC(=O)[C@H]1C[C@@H](O)CN1C(=O)[C@@H](N)CC(=O)O)C(=O)NCC(N)=O. The van der Waals surface area contributed by atoms with Crippen molar-refractivity contribution >= 4 is 129 Å². The molecule has 3 heterocycles. The first-order chi connectivity index (χ1) is 64.0. The van der Waals surface area contributed by atoms with E-state index in [-0.39, 0.29) is 49.8 Å². The van der Waals surface area contributed by atoms with Gasteiger partial charge in [0.05, 0.1) is 49.4 Å². The highest BCUT2D eigenvalue weighted by Crippen LogP contribution is 2.28. The monoisotopic (exact) mass is 1900 g/mol. The summed E-state index contributed by atoms with van der Waals surface area (Å²) in [5.41, 5.74) is 18.9. The number of hydrogen-bond donors (Lipinski definition) is 17. The molecule has 0 spiro atoms. The molecule has 5 aromatic carbocycles. The van der Waals surface area contributed by atoms with Crippen LogP contribution in [0.2, 0.25) is 0 Å². The quantitative estimate of drug-likeness (QED) is 0.0153. The molecule has 1 aromatic heterocycles. The molecule has 2 fully saturated rings. The van der Waals surface area contributed by atoms with E-state index >= 15 is 32.8 Å². The second kappa shape index (κ2) is 50.3. The smallest absolute Gasteiger partial charge is 0.305 e. The van der Waals surface area contributed by atoms with Gasteiger partial charge in [0.15, 0.2) is 17.5 Å². The molecule has 20 N–H and O–H groups in total. The number of likely N-dealkylation sites (N-methyl/N-ethyl adjacent to an activating group) is 3. The summed E-state index contributed by atoms with van der Waals surface area (Å²) in [5, 5.41) is 72.0. The van der Waals surface area contributed by atoms with Crippen molar-refractivity contribution in [2.45, 2.75) is 201 Å². The molecule has 1 unspecified atom stereocenters. The minimum atomic E-state index is -1.96. The Kier molecular flexibility index (Phi) is 39.7. The molecule has 2 aliphatic rings. The lowest BCUT2D eigenvalue weighted by atomic mass is 9.99. The number of aldehydes is 1. The Labute approximate surface area is 778 Å². The van der Waals surface area contributed by atoms with Gasteiger partial charge < -0.3 is 120 Å². The van der Waals surface area contributed by atoms with Crippen molar-refractivity contribution < 1.29 is 125 Å². The number of phenols is 1. The number of nitrogens with one attached hydrogen (secondary N) is 9. The van der Waals surface area contributed by atoms with E-state index in [0.29, 0.717) is 64.2 Å². The number of aromatic nitrogens is 1. The van der Waals surface area contributed by atoms with Crippen LogP contribution < -0.4 is 59.7 Å². The summed E-state index contributed by atoms with van der Waals surface area (Å²) in [4.78, 5) is 260. The number of primary amides is 2. The largest absolute Gasteiger partial charge is 0.508 e. The van der Waals surface area contributed by atoms with Gasteiger partial charge in [-0.25, -0.2) is 13.2 Å². The summed E-state index contributed by atoms with van der Waals surface area (Å²) < 4.78 is 45.1. The molecule has 0 saturated carbocycles. The molecule has 2 aliphatic heterocycles. The van der Waals surface area contributed by atoms with Crippen molar-refractivity contribution in [2.75, 3.05) is 52.3 Å². The number of thioether (sulfide) groups is 1. The van der Waals surface area contributed by atoms with Gasteiger partial charge >= 0.3 is 11.9 Å². The number of carbonyl (C=O) groups is 18. The maximum atomic E-state index is 15.6. The zero-order chi connectivity index (χ0) is 99.4. The van der Waals surface area contributed by atoms with Crippen LogP contribution in [-0.2, 0) is 118 Å². The average Bonchev–Trinajstić information content (AvgIpc) is 1.74. The molecule has 728 valence electrons. The van der Waals surface area contributed by atoms with E-state index in [1.54, 1.807) is 112 Å². The number of β-amino-alcohol motifs (C(OH)–C–C–N with tert-alkyl or cyclic N) is 2. The molecule has 44 heteroatoms. The van der Waals surface area contributed by atoms with Gasteiger partial charge in [-0.15, -0.1) is 11.8 Å². The first-order valence-corrected chi connectivity index (χ1v) is 44.6. The van der Waals surface area contributed by atoms with Crippen molar-refractivity contribution in [2.24, 2.45) is 23.1 Å². The van der Waals surface area contributed by atoms with Crippen molar-refractivity contribution in [3.63, 3.8) is 0 Å². The van der Waals surface area contributed by atoms with Crippen LogP contribution >= 0.6 is 11.8 Å². The summed E-state index contributed by atoms with van der Waals surface area (Å²) in [6, 6.07) is 8.46. The van der Waals surface area contributed by atoms with E-state index in [1.165, 1.54) is 38.4 Å². The summed E-state index contributed by atoms with van der Waals surface area (Å²) >= 11 is 0.566. The molecular formula is C91H114F3N17O23S. The van der Waals surface area contributed by atoms with Gasteiger partial charge in [0.25, 0.3) is 0 Å². The van der Waals surface area contributed by atoms with Crippen molar-refractivity contribution in [1.29, 1.82) is 0 Å². The summed E-state index contributed by atoms with van der Waals surface area (Å²) in [6.45, 7) is 3.07. The van der Waals surface area contributed by atoms with Crippen molar-refractivity contribution in [3.8, 4) is 5.75 Å². The number of carboxylic acid groups (broad SMARTS) is 2. The molecular weight excluding hydrogens is 1790 g/mol. The van der Waals surface area contributed by atoms with Gasteiger partial charge in [0, 0.05) is 102 Å². The Morgan fingerprint density at radius 1 is 0.541 bits per heavy atom. The van der Waals surface area contributed by atoms with Crippen LogP contribution in [0.1, 0.15) is 106 Å². The number of aliphatic hydroxyl groups is 2. The molecule has 0 aliphatic carbocycles. The maximum absolute atomic E-state index is 15.6. The summed E-state index contributed by atoms with van der Waals surface area (Å²) in [5.74, 6) is -26.6. The number of benzene rings is 5. The van der Waals surface area contributed by atoms with Gasteiger partial charge in [0.1, 0.15) is 78.5 Å². The number of amides is 15. The molecule has 15 amide bonds. The number of fused-ring (bicyclic) bond motifs is 1. The number of hydrogen-bond acceptors (Lipinski definition) is 23. The zero-order valence-corrected chi connectivity index (χ0v) is 75.8. The van der Waals surface area contributed by atoms with Gasteiger partial charge in [-0.1, -0.05) is 125 Å². The summed E-state index contributed by atoms with van der Waals surface area (Å²) in [7, 11) is 3.70. The third-order valence-corrected chi connectivity index (χ3v) is 24.1. The molecule has 15 atom stereocenters. The van der Waals surface area contributed by atoms with Gasteiger partial charge in [-0.3, -0.25) is 81.5 Å². The number of phenolic OH excluding ortho intramolecular Hbond substituents is 1. The minimum absolute atomic E-state index is 0.106. The molecule has 0 radical (unpaired) electrons. The molecule has 40 nitrogen and oxygen atoms in total. The Morgan fingerprint density at radius 2 is 1.05 bits per heavy atom. The number of nitrogens with two attached hydrogens (primary N) is 3. The number of aromatic amines is 1. The highest BCUT2D eigenvalue weighted by Gasteiger charge is 2.48. The Morgan fingerprint density at radius 3 is 1.61 bits per heavy atom. The molecule has 8 rings (SSSR count). The number of aliphatic carboxylic acids is 2. The lowest BCUT2D eigenvalue weighted by Gasteiger charge is -2.38. The number of rotatable bonds is 50. The lowest BCUT2D eigenvalue weighted by Crippen LogP contribution is -2.61. The Bertz CT molecular complexity index is 5260. The fourth-order valence-corrected chi connectivity index (χ4v) is 16.6. The first kappa shape index (κ1) is 106. The third-order valence-electron chi connectivity index (χ3n) is 23.0. The van der Waals surface area contributed by atoms with E-state index < -0.39 is 296 Å². The van der Waals surface area contributed by atoms with E-state index in [0.717, 1.165) is 31.5 Å². The van der Waals surface area contributed by atoms with Crippen LogP contribution in [-0.4, -0.2) is 305 Å². The van der Waals surface area contributed by atoms with Crippen molar-refractivity contribution in [1.82, 2.24) is 72.0 Å². The van der Waals surface area contributed by atoms with Crippen LogP contribution in [0.15, 0.2) is 128 Å². The van der Waals surface area contributed by atoms with Gasteiger partial charge in [-0.2, -0.15) is 0 Å². The number of likely N-dealkylation sites (tertiary alicyclic amines) is 2. The number of halogens is 3. The number of carbonyl (C=O) groups excluding carboxylic acids is 16. The molecule has 135 heavy (non-hydrogen) atoms. The summed E-state index contributed by atoms with van der Waals surface area (Å²) in [6.07, 6.45) is -6.04. The van der Waals surface area contributed by atoms with Crippen LogP contribution in [0.3, 0.4) is 0 Å². The first-order valence-electron chi connectivity index (χ1n) is 43.5. The number of nitrogens with zero attached hydrogens (tertiary/aromatic N) is 5. The minimum Gasteiger partial charge on any atom is -0.508 e. The van der Waals surface area contributed by atoms with E-state index in [9.17, 15) is 92.3 Å². The standard InChI is InChI=1S/C91H114F3N17O23S/c1-7-8-23-69(90(133)111-44-57(115)38-71(111)86(129)104-66(40-77(121)122)84(127)106-79(48(2)3)91(134)107(4)54(45-112)30-49-17-11-9-12-18-49)108(5)89(132)72(35-50-19-13-10-14-20-50)109(6)88(131)67(34-52-31-59(92)78(94)60(93)32-52)100-75(118)47-135-46-68(80(123)99-42-74(97)117)105-81(124)63(28-29-73(96)116)101-82(125)64(33-51-24-26-55(113)27-25-51)102-83(126)65(36-53-41-98-62-22-16-15-21-58(53)62)103-85(128)70-37-56(114)43-110(70)87(130)61(95)39-76(119)120/h9-22,24-27,31-32,41,45,48,54,56-57,61,63-72,79,98,113-115H,7-8,23,28-30,33-40,42-44,46-47,95H2,1-6H3,(H2,96,116)(H2,97,117)(H,99,123)(H,100,118)(H,101,125)(H,102,126)(H,103,128)(H,104,129)(H,105,124)(H,106,127)(H,119,120)(H,121,122)/t54?,56-,57-,61+,63+,64+,65+,66+,67+,68+,69+,70-,71-,72+,79+/m1/s1.